The highest BCUT2D eigenvalue weighted by molar-refractivity contribution is 6.71. The van der Waals surface area contributed by atoms with Crippen molar-refractivity contribution in [2.24, 2.45) is 15.0 Å². The van der Waals surface area contributed by atoms with Crippen LogP contribution >= 0.6 is 11.6 Å². The molecule has 2 rings (SSSR count). The van der Waals surface area contributed by atoms with Crippen LogP contribution < -0.4 is 0 Å². The van der Waals surface area contributed by atoms with Gasteiger partial charge in [0.15, 0.2) is 5.71 Å². The van der Waals surface area contributed by atoms with Crippen LogP contribution in [0.3, 0.4) is 0 Å². The zero-order valence-electron chi connectivity index (χ0n) is 5.94. The first kappa shape index (κ1) is 7.36. The van der Waals surface area contributed by atoms with Crippen LogP contribution in [0, 0.1) is 0 Å². The smallest absolute Gasteiger partial charge is 0.265 e. The number of alkyl halides is 1. The van der Waals surface area contributed by atoms with Gasteiger partial charge in [0, 0.05) is 0 Å². The molecule has 5 heteroatoms. The Morgan fingerprint density at radius 1 is 1.50 bits per heavy atom. The lowest BCUT2D eigenvalue weighted by atomic mass is 10.1. The lowest BCUT2D eigenvalue weighted by molar-refractivity contribution is -0.111. The number of hydrogen-bond acceptors (Lipinski definition) is 3. The minimum absolute atomic E-state index is 0.250. The molecule has 2 aliphatic heterocycles. The fourth-order valence-corrected chi connectivity index (χ4v) is 1.13. The van der Waals surface area contributed by atoms with E-state index in [0.29, 0.717) is 5.71 Å². The van der Waals surface area contributed by atoms with E-state index in [-0.39, 0.29) is 11.6 Å². The summed E-state index contributed by atoms with van der Waals surface area (Å²) in [5.74, 6) is -0.380. The summed E-state index contributed by atoms with van der Waals surface area (Å²) < 4.78 is 0. The fraction of sp³-hybridized carbons (Fsp3) is 0.143. The molecule has 0 bridgehead atoms. The Balaban J connectivity index is 2.46. The second kappa shape index (κ2) is 2.64. The van der Waals surface area contributed by atoms with Crippen LogP contribution in [0.15, 0.2) is 27.1 Å². The van der Waals surface area contributed by atoms with E-state index in [4.69, 9.17) is 11.6 Å². The minimum Gasteiger partial charge on any atom is -0.265 e. The maximum absolute atomic E-state index is 11.1. The Hall–Kier alpha value is -1.29. The predicted octanol–water partition coefficient (Wildman–Crippen LogP) is 0.572. The number of amides is 1. The van der Waals surface area contributed by atoms with Gasteiger partial charge in [-0.25, -0.2) is 4.99 Å². The van der Waals surface area contributed by atoms with Gasteiger partial charge < -0.3 is 0 Å². The highest BCUT2D eigenvalue weighted by atomic mass is 35.5. The van der Waals surface area contributed by atoms with E-state index in [9.17, 15) is 4.79 Å². The molecule has 0 aromatic rings. The second-order valence-electron chi connectivity index (χ2n) is 2.27. The zero-order valence-corrected chi connectivity index (χ0v) is 6.69. The highest BCUT2D eigenvalue weighted by Gasteiger charge is 2.22. The molecule has 12 heavy (non-hydrogen) atoms. The largest absolute Gasteiger partial charge is 0.298 e. The van der Waals surface area contributed by atoms with Gasteiger partial charge in [0.25, 0.3) is 5.91 Å². The maximum Gasteiger partial charge on any atom is 0.298 e. The van der Waals surface area contributed by atoms with Crippen molar-refractivity contribution in [1.29, 1.82) is 0 Å². The van der Waals surface area contributed by atoms with E-state index < -0.39 is 5.50 Å². The Bertz CT molecular complexity index is 354. The van der Waals surface area contributed by atoms with Crippen LogP contribution in [0.4, 0.5) is 0 Å². The lowest BCUT2D eigenvalue weighted by Crippen LogP contribution is -2.28. The van der Waals surface area contributed by atoms with E-state index in [2.05, 4.69) is 15.0 Å². The molecule has 0 saturated carbocycles. The highest BCUT2D eigenvalue weighted by Crippen LogP contribution is 2.10. The molecule has 4 nitrogen and oxygen atoms in total. The van der Waals surface area contributed by atoms with Crippen LogP contribution in [0.1, 0.15) is 0 Å². The first-order valence-electron chi connectivity index (χ1n) is 3.32. The third-order valence-electron chi connectivity index (χ3n) is 1.48. The summed E-state index contributed by atoms with van der Waals surface area (Å²) in [4.78, 5) is 22.3. The SMILES string of the molecule is O=C1N=CN=C2C=CC(Cl)N=C12. The van der Waals surface area contributed by atoms with E-state index in [1.54, 1.807) is 12.2 Å². The van der Waals surface area contributed by atoms with Crippen molar-refractivity contribution in [1.82, 2.24) is 0 Å². The van der Waals surface area contributed by atoms with Gasteiger partial charge in [-0.05, 0) is 12.2 Å². The predicted molar refractivity (Wildman–Crippen MR) is 47.2 cm³/mol. The summed E-state index contributed by atoms with van der Waals surface area (Å²) in [6.07, 6.45) is 4.55. The standard InChI is InChI=1S/C7H4ClN3O/c8-5-2-1-4-6(11-5)7(12)10-3-9-4/h1-3,5H. The molecule has 0 fully saturated rings. The molecule has 0 radical (unpaired) electrons. The van der Waals surface area contributed by atoms with E-state index in [1.165, 1.54) is 6.34 Å². The molecule has 0 aliphatic carbocycles. The molecule has 0 aromatic heterocycles. The molecule has 0 N–H and O–H groups in total. The summed E-state index contributed by atoms with van der Waals surface area (Å²) in [7, 11) is 0. The molecule has 1 amide bonds. The van der Waals surface area contributed by atoms with E-state index in [1.807, 2.05) is 0 Å². The van der Waals surface area contributed by atoms with Crippen molar-refractivity contribution in [3.63, 3.8) is 0 Å². The lowest BCUT2D eigenvalue weighted by Gasteiger charge is -2.11. The van der Waals surface area contributed by atoms with Gasteiger partial charge in [-0.2, -0.15) is 4.99 Å². The molecule has 2 heterocycles. The number of allylic oxidation sites excluding steroid dienone is 1. The van der Waals surface area contributed by atoms with Crippen molar-refractivity contribution in [3.8, 4) is 0 Å². The molecule has 0 aromatic carbocycles. The van der Waals surface area contributed by atoms with Crippen molar-refractivity contribution < 1.29 is 4.79 Å². The summed E-state index contributed by atoms with van der Waals surface area (Å²) in [5, 5.41) is 0. The normalized spacial score (nSPS) is 26.4. The van der Waals surface area contributed by atoms with Crippen molar-refractivity contribution in [2.75, 3.05) is 0 Å². The average molecular weight is 182 g/mol. The van der Waals surface area contributed by atoms with Crippen LogP contribution in [0.25, 0.3) is 0 Å². The van der Waals surface area contributed by atoms with Gasteiger partial charge in [-0.3, -0.25) is 9.79 Å². The number of aliphatic imine (C=N–C) groups is 3. The Morgan fingerprint density at radius 2 is 2.33 bits per heavy atom. The first-order chi connectivity index (χ1) is 5.77. The minimum atomic E-state index is -0.476. The molecule has 1 unspecified atom stereocenters. The van der Waals surface area contributed by atoms with Gasteiger partial charge >= 0.3 is 0 Å². The molecular weight excluding hydrogens is 178 g/mol. The van der Waals surface area contributed by atoms with Gasteiger partial charge in [0.2, 0.25) is 0 Å². The van der Waals surface area contributed by atoms with E-state index in [0.717, 1.165) is 0 Å². The molecule has 2 aliphatic rings. The number of nitrogens with zero attached hydrogens (tertiary/aromatic N) is 3. The van der Waals surface area contributed by atoms with Crippen LogP contribution in [-0.4, -0.2) is 29.2 Å². The number of rotatable bonds is 0. The third-order valence-corrected chi connectivity index (χ3v) is 1.73. The molecule has 0 saturated heterocycles. The zero-order chi connectivity index (χ0) is 8.55. The molecular formula is C7H4ClN3O. The molecule has 0 spiro atoms. The quantitative estimate of drug-likeness (QED) is 0.398. The summed E-state index contributed by atoms with van der Waals surface area (Å²) in [6, 6.07) is 0. The summed E-state index contributed by atoms with van der Waals surface area (Å²) in [6.45, 7) is 0. The maximum atomic E-state index is 11.1. The number of dihydropyridines is 1. The molecule has 1 atom stereocenters. The first-order valence-corrected chi connectivity index (χ1v) is 3.76. The van der Waals surface area contributed by atoms with Crippen LogP contribution in [0.2, 0.25) is 0 Å². The Labute approximate surface area is 73.4 Å². The number of hydrogen-bond donors (Lipinski definition) is 0. The number of halogens is 1. The van der Waals surface area contributed by atoms with Gasteiger partial charge in [0.1, 0.15) is 11.8 Å². The van der Waals surface area contributed by atoms with Crippen LogP contribution in [-0.2, 0) is 4.79 Å². The Morgan fingerprint density at radius 3 is 3.17 bits per heavy atom. The topological polar surface area (TPSA) is 54.1 Å². The summed E-state index contributed by atoms with van der Waals surface area (Å²) >= 11 is 5.67. The van der Waals surface area contributed by atoms with Crippen molar-refractivity contribution in [2.45, 2.75) is 5.50 Å². The number of fused-ring (bicyclic) bond motifs is 1. The average Bonchev–Trinajstić information content (AvgIpc) is 2.07. The fourth-order valence-electron chi connectivity index (χ4n) is 0.956. The number of carbonyl (C=O) groups excluding carboxylic acids is 1. The van der Waals surface area contributed by atoms with Gasteiger partial charge in [-0.15, -0.1) is 0 Å². The summed E-state index contributed by atoms with van der Waals surface area (Å²) in [5.41, 5.74) is 0.308. The molecule has 60 valence electrons. The van der Waals surface area contributed by atoms with Crippen molar-refractivity contribution >= 4 is 35.3 Å². The van der Waals surface area contributed by atoms with Crippen LogP contribution in [0.5, 0.6) is 0 Å². The Kier molecular flexibility index (Phi) is 1.62. The van der Waals surface area contributed by atoms with Crippen molar-refractivity contribution in [3.05, 3.63) is 12.2 Å². The van der Waals surface area contributed by atoms with E-state index >= 15 is 0 Å². The number of carbonyl (C=O) groups is 1. The van der Waals surface area contributed by atoms with Gasteiger partial charge in [-0.1, -0.05) is 11.6 Å². The van der Waals surface area contributed by atoms with Gasteiger partial charge in [0.05, 0.1) is 5.71 Å². The third kappa shape index (κ3) is 1.10. The monoisotopic (exact) mass is 181 g/mol. The second-order valence-corrected chi connectivity index (χ2v) is 2.72.